The molecule has 0 radical (unpaired) electrons. The van der Waals surface area contributed by atoms with Gasteiger partial charge in [0.25, 0.3) is 0 Å². The number of carbonyl (C=O) groups is 2. The lowest BCUT2D eigenvalue weighted by Crippen LogP contribution is -2.39. The molecule has 41 heavy (non-hydrogen) atoms. The lowest BCUT2D eigenvalue weighted by molar-refractivity contribution is -0.123. The van der Waals surface area contributed by atoms with Gasteiger partial charge in [-0.15, -0.1) is 0 Å². The summed E-state index contributed by atoms with van der Waals surface area (Å²) in [4.78, 5) is 28.1. The molecule has 3 aromatic rings. The van der Waals surface area contributed by atoms with Gasteiger partial charge < -0.3 is 20.4 Å². The standard InChI is InChI=1S/C33H32FNO6/c34-27-16-20(11-13-28(27)38)15-22(21-7-3-1-4-8-21)12-14-29(39)30-23(18-36)17-25-31(26(30)19-37)33(41)35(32(25)40)24-9-5-2-6-10-24/h1-11,13,15-16,25-26,29,31,36-39H,12,14,17-19H2/b22-15-/t25-,26+,29-,31-/m1/s1. The van der Waals surface area contributed by atoms with E-state index in [-0.39, 0.29) is 18.7 Å². The number of anilines is 1. The zero-order chi connectivity index (χ0) is 29.1. The van der Waals surface area contributed by atoms with Crippen LogP contribution in [-0.4, -0.2) is 51.6 Å². The van der Waals surface area contributed by atoms with Crippen molar-refractivity contribution in [2.45, 2.75) is 25.4 Å². The quantitative estimate of drug-likeness (QED) is 0.177. The van der Waals surface area contributed by atoms with Crippen molar-refractivity contribution in [1.29, 1.82) is 0 Å². The number of para-hydroxylation sites is 1. The molecule has 4 atom stereocenters. The van der Waals surface area contributed by atoms with E-state index in [1.807, 2.05) is 30.3 Å². The van der Waals surface area contributed by atoms with Crippen LogP contribution in [0, 0.1) is 23.6 Å². The molecule has 3 aromatic carbocycles. The minimum Gasteiger partial charge on any atom is -0.505 e. The van der Waals surface area contributed by atoms with Gasteiger partial charge in [0.05, 0.1) is 36.8 Å². The number of carbonyl (C=O) groups excluding carboxylic acids is 2. The van der Waals surface area contributed by atoms with Crippen molar-refractivity contribution < 1.29 is 34.4 Å². The van der Waals surface area contributed by atoms with Crippen molar-refractivity contribution in [3.63, 3.8) is 0 Å². The molecule has 1 heterocycles. The lowest BCUT2D eigenvalue weighted by Gasteiger charge is -2.36. The van der Waals surface area contributed by atoms with Crippen LogP contribution < -0.4 is 4.90 Å². The van der Waals surface area contributed by atoms with Crippen LogP contribution in [0.1, 0.15) is 30.4 Å². The number of aliphatic hydroxyl groups excluding tert-OH is 3. The minimum absolute atomic E-state index is 0.117. The molecule has 0 saturated carbocycles. The van der Waals surface area contributed by atoms with Gasteiger partial charge in [-0.05, 0) is 71.4 Å². The van der Waals surface area contributed by atoms with Crippen LogP contribution in [0.15, 0.2) is 90.0 Å². The number of amides is 2. The first-order valence-corrected chi connectivity index (χ1v) is 13.6. The Bertz CT molecular complexity index is 1490. The summed E-state index contributed by atoms with van der Waals surface area (Å²) in [5.74, 6) is -4.40. The number of rotatable bonds is 9. The SMILES string of the molecule is O=C1[C@@H]2[C@@H](CC(CO)=C([C@H](O)CC/C(=C/c3ccc(O)c(F)c3)c3ccccc3)[C@@H]2CO)C(=O)N1c1ccccc1. The number of phenols is 1. The Labute approximate surface area is 237 Å². The average Bonchev–Trinajstić information content (AvgIpc) is 3.25. The summed E-state index contributed by atoms with van der Waals surface area (Å²) in [5, 5.41) is 41.7. The highest BCUT2D eigenvalue weighted by molar-refractivity contribution is 6.22. The maximum atomic E-state index is 14.0. The number of hydrogen-bond donors (Lipinski definition) is 4. The molecule has 0 spiro atoms. The normalized spacial score (nSPS) is 21.8. The molecule has 7 nitrogen and oxygen atoms in total. The van der Waals surface area contributed by atoms with E-state index in [1.54, 1.807) is 42.5 Å². The molecule has 0 bridgehead atoms. The summed E-state index contributed by atoms with van der Waals surface area (Å²) in [6.45, 7) is -0.875. The van der Waals surface area contributed by atoms with Gasteiger partial charge in [0.15, 0.2) is 11.6 Å². The number of halogens is 1. The largest absolute Gasteiger partial charge is 0.505 e. The summed E-state index contributed by atoms with van der Waals surface area (Å²) in [6.07, 6.45) is 1.34. The second-order valence-corrected chi connectivity index (χ2v) is 10.5. The van der Waals surface area contributed by atoms with Crippen LogP contribution in [0.5, 0.6) is 5.75 Å². The van der Waals surface area contributed by atoms with Gasteiger partial charge in [0.1, 0.15) is 0 Å². The van der Waals surface area contributed by atoms with Gasteiger partial charge in [0, 0.05) is 5.92 Å². The number of benzene rings is 3. The zero-order valence-electron chi connectivity index (χ0n) is 22.4. The summed E-state index contributed by atoms with van der Waals surface area (Å²) < 4.78 is 14.0. The van der Waals surface area contributed by atoms with Gasteiger partial charge in [-0.3, -0.25) is 14.5 Å². The molecule has 1 saturated heterocycles. The second kappa shape index (κ2) is 12.2. The van der Waals surface area contributed by atoms with Crippen molar-refractivity contribution in [1.82, 2.24) is 0 Å². The fraction of sp³-hybridized carbons (Fsp3) is 0.273. The first-order valence-electron chi connectivity index (χ1n) is 13.6. The first kappa shape index (κ1) is 28.4. The van der Waals surface area contributed by atoms with E-state index in [1.165, 1.54) is 12.1 Å². The monoisotopic (exact) mass is 557 g/mol. The highest BCUT2D eigenvalue weighted by Gasteiger charge is 2.55. The molecule has 0 aromatic heterocycles. The number of phenolic OH excluding ortho intramolecular Hbond substituents is 1. The van der Waals surface area contributed by atoms with Crippen LogP contribution in [0.25, 0.3) is 11.6 Å². The Balaban J connectivity index is 1.43. The molecule has 1 fully saturated rings. The summed E-state index contributed by atoms with van der Waals surface area (Å²) in [6, 6.07) is 22.1. The Morgan fingerprint density at radius 2 is 1.66 bits per heavy atom. The van der Waals surface area contributed by atoms with Gasteiger partial charge in [-0.1, -0.05) is 60.7 Å². The van der Waals surface area contributed by atoms with Gasteiger partial charge >= 0.3 is 0 Å². The Morgan fingerprint density at radius 1 is 0.976 bits per heavy atom. The predicted octanol–water partition coefficient (Wildman–Crippen LogP) is 4.32. The van der Waals surface area contributed by atoms with E-state index in [0.29, 0.717) is 28.8 Å². The van der Waals surface area contributed by atoms with E-state index >= 15 is 0 Å². The summed E-state index contributed by atoms with van der Waals surface area (Å²) in [5.41, 5.74) is 3.51. The Kier molecular flexibility index (Phi) is 8.44. The maximum Gasteiger partial charge on any atom is 0.238 e. The number of fused-ring (bicyclic) bond motifs is 1. The number of hydrogen-bond acceptors (Lipinski definition) is 6. The molecule has 2 amide bonds. The van der Waals surface area contributed by atoms with Gasteiger partial charge in [-0.2, -0.15) is 0 Å². The van der Waals surface area contributed by atoms with E-state index in [0.717, 1.165) is 16.0 Å². The molecule has 8 heteroatoms. The maximum absolute atomic E-state index is 14.0. The predicted molar refractivity (Wildman–Crippen MR) is 153 cm³/mol. The molecule has 1 aliphatic carbocycles. The number of aliphatic hydroxyl groups is 3. The lowest BCUT2D eigenvalue weighted by atomic mass is 9.68. The summed E-state index contributed by atoms with van der Waals surface area (Å²) >= 11 is 0. The average molecular weight is 558 g/mol. The van der Waals surface area contributed by atoms with E-state index in [4.69, 9.17) is 0 Å². The topological polar surface area (TPSA) is 118 Å². The first-order chi connectivity index (χ1) is 19.8. The summed E-state index contributed by atoms with van der Waals surface area (Å²) in [7, 11) is 0. The molecule has 212 valence electrons. The van der Waals surface area contributed by atoms with Gasteiger partial charge in [0.2, 0.25) is 11.8 Å². The minimum atomic E-state index is -1.10. The van der Waals surface area contributed by atoms with Crippen molar-refractivity contribution in [3.8, 4) is 5.75 Å². The molecule has 0 unspecified atom stereocenters. The molecular weight excluding hydrogens is 525 g/mol. The van der Waals surface area contributed by atoms with Crippen LogP contribution in [0.2, 0.25) is 0 Å². The van der Waals surface area contributed by atoms with E-state index < -0.39 is 54.5 Å². The third kappa shape index (κ3) is 5.59. The highest BCUT2D eigenvalue weighted by Crippen LogP contribution is 2.47. The van der Waals surface area contributed by atoms with Crippen LogP contribution in [-0.2, 0) is 9.59 Å². The van der Waals surface area contributed by atoms with Crippen LogP contribution in [0.3, 0.4) is 0 Å². The molecule has 2 aliphatic rings. The van der Waals surface area contributed by atoms with Crippen molar-refractivity contribution >= 4 is 29.2 Å². The molecular formula is C33H32FNO6. The third-order valence-electron chi connectivity index (χ3n) is 8.09. The number of nitrogens with zero attached hydrogens (tertiary/aromatic N) is 1. The fourth-order valence-electron chi connectivity index (χ4n) is 6.15. The van der Waals surface area contributed by atoms with Crippen molar-refractivity contribution in [2.24, 2.45) is 17.8 Å². The molecule has 5 rings (SSSR count). The Hall–Kier alpha value is -4.11. The van der Waals surface area contributed by atoms with Crippen molar-refractivity contribution in [3.05, 3.63) is 107 Å². The second-order valence-electron chi connectivity index (χ2n) is 10.5. The van der Waals surface area contributed by atoms with E-state index in [9.17, 15) is 34.4 Å². The van der Waals surface area contributed by atoms with Crippen LogP contribution >= 0.6 is 0 Å². The fourth-order valence-corrected chi connectivity index (χ4v) is 6.15. The number of imide groups is 1. The molecule has 4 N–H and O–H groups in total. The van der Waals surface area contributed by atoms with Gasteiger partial charge in [-0.25, -0.2) is 4.39 Å². The van der Waals surface area contributed by atoms with E-state index in [2.05, 4.69) is 0 Å². The van der Waals surface area contributed by atoms with Crippen LogP contribution in [0.4, 0.5) is 10.1 Å². The van der Waals surface area contributed by atoms with Crippen molar-refractivity contribution in [2.75, 3.05) is 18.1 Å². The number of allylic oxidation sites excluding steroid dienone is 1. The number of aromatic hydroxyl groups is 1. The Morgan fingerprint density at radius 3 is 2.29 bits per heavy atom. The molecule has 1 aliphatic heterocycles. The smallest absolute Gasteiger partial charge is 0.238 e. The highest BCUT2D eigenvalue weighted by atomic mass is 19.1. The zero-order valence-corrected chi connectivity index (χ0v) is 22.4. The third-order valence-corrected chi connectivity index (χ3v) is 8.09.